The molecule has 2 aliphatic heterocycles. The van der Waals surface area contributed by atoms with Crippen molar-refractivity contribution in [2.75, 3.05) is 24.0 Å². The topological polar surface area (TPSA) is 107 Å². The monoisotopic (exact) mass is 415 g/mol. The van der Waals surface area contributed by atoms with E-state index in [-0.39, 0.29) is 12.9 Å². The van der Waals surface area contributed by atoms with E-state index in [2.05, 4.69) is 15.7 Å². The fraction of sp³-hybridized carbons (Fsp3) is 0.450. The molecule has 160 valence electrons. The van der Waals surface area contributed by atoms with Crippen LogP contribution >= 0.6 is 0 Å². The first-order valence-electron chi connectivity index (χ1n) is 9.70. The van der Waals surface area contributed by atoms with Gasteiger partial charge < -0.3 is 24.4 Å². The number of fused-ring (bicyclic) bond motifs is 2. The van der Waals surface area contributed by atoms with Gasteiger partial charge in [0.05, 0.1) is 12.2 Å². The lowest BCUT2D eigenvalue weighted by Crippen LogP contribution is -2.40. The minimum atomic E-state index is -0.572. The fourth-order valence-corrected chi connectivity index (χ4v) is 3.38. The third-order valence-electron chi connectivity index (χ3n) is 4.71. The molecule has 0 aliphatic carbocycles. The molecule has 2 aromatic rings. The van der Waals surface area contributed by atoms with E-state index in [0.29, 0.717) is 42.5 Å². The van der Waals surface area contributed by atoms with Crippen molar-refractivity contribution in [1.29, 1.82) is 0 Å². The summed E-state index contributed by atoms with van der Waals surface area (Å²) < 4.78 is 17.7. The van der Waals surface area contributed by atoms with Crippen LogP contribution in [0.25, 0.3) is 0 Å². The lowest BCUT2D eigenvalue weighted by atomic mass is 10.1. The van der Waals surface area contributed by atoms with Crippen molar-refractivity contribution in [3.8, 4) is 11.5 Å². The summed E-state index contributed by atoms with van der Waals surface area (Å²) in [6, 6.07) is 4.75. The van der Waals surface area contributed by atoms with Crippen LogP contribution in [0.1, 0.15) is 32.0 Å². The van der Waals surface area contributed by atoms with Crippen LogP contribution in [0.3, 0.4) is 0 Å². The van der Waals surface area contributed by atoms with Gasteiger partial charge in [-0.3, -0.25) is 10.00 Å². The predicted octanol–water partition coefficient (Wildman–Crippen LogP) is 3.09. The van der Waals surface area contributed by atoms with Gasteiger partial charge >= 0.3 is 12.1 Å². The molecule has 3 amide bonds. The van der Waals surface area contributed by atoms with Crippen LogP contribution < -0.4 is 20.1 Å². The van der Waals surface area contributed by atoms with Crippen LogP contribution in [0.4, 0.5) is 21.1 Å². The first kappa shape index (κ1) is 19.9. The number of hydrogen-bond donors (Lipinski definition) is 2. The maximum Gasteiger partial charge on any atom is 0.410 e. The van der Waals surface area contributed by atoms with Gasteiger partial charge in [-0.05, 0) is 32.9 Å². The summed E-state index contributed by atoms with van der Waals surface area (Å²) in [7, 11) is 1.76. The number of amides is 3. The number of urea groups is 1. The van der Waals surface area contributed by atoms with Crippen molar-refractivity contribution < 1.29 is 23.8 Å². The third-order valence-corrected chi connectivity index (χ3v) is 4.71. The molecule has 0 saturated carbocycles. The molecule has 10 heteroatoms. The molecular formula is C20H25N5O5. The van der Waals surface area contributed by atoms with Crippen LogP contribution in [0.2, 0.25) is 0 Å². The second-order valence-corrected chi connectivity index (χ2v) is 8.20. The van der Waals surface area contributed by atoms with Gasteiger partial charge in [0.25, 0.3) is 0 Å². The number of carbonyl (C=O) groups excluding carboxylic acids is 2. The number of carbonyl (C=O) groups is 2. The fourth-order valence-electron chi connectivity index (χ4n) is 3.38. The molecule has 0 atom stereocenters. The van der Waals surface area contributed by atoms with Gasteiger partial charge in [-0.1, -0.05) is 0 Å². The Morgan fingerprint density at radius 3 is 2.70 bits per heavy atom. The average molecular weight is 415 g/mol. The summed E-state index contributed by atoms with van der Waals surface area (Å²) in [5.41, 5.74) is 1.66. The lowest BCUT2D eigenvalue weighted by molar-refractivity contribution is 0.0224. The lowest BCUT2D eigenvalue weighted by Gasteiger charge is -2.29. The molecular weight excluding hydrogens is 390 g/mol. The van der Waals surface area contributed by atoms with Crippen LogP contribution in [-0.2, 0) is 24.8 Å². The highest BCUT2D eigenvalue weighted by Gasteiger charge is 2.30. The zero-order valence-electron chi connectivity index (χ0n) is 17.4. The first-order chi connectivity index (χ1) is 14.2. The highest BCUT2D eigenvalue weighted by atomic mass is 16.7. The Bertz CT molecular complexity index is 994. The van der Waals surface area contributed by atoms with Gasteiger partial charge in [-0.2, -0.15) is 5.10 Å². The highest BCUT2D eigenvalue weighted by molar-refractivity contribution is 6.00. The Labute approximate surface area is 174 Å². The highest BCUT2D eigenvalue weighted by Crippen LogP contribution is 2.34. The Hall–Kier alpha value is -3.43. The van der Waals surface area contributed by atoms with Crippen molar-refractivity contribution in [3.63, 3.8) is 0 Å². The van der Waals surface area contributed by atoms with Crippen molar-refractivity contribution in [2.24, 2.45) is 7.05 Å². The van der Waals surface area contributed by atoms with Crippen molar-refractivity contribution in [1.82, 2.24) is 14.7 Å². The summed E-state index contributed by atoms with van der Waals surface area (Å²) in [6.45, 7) is 6.49. The number of anilines is 2. The number of benzene rings is 1. The zero-order valence-corrected chi connectivity index (χ0v) is 17.4. The van der Waals surface area contributed by atoms with Crippen LogP contribution in [0.15, 0.2) is 18.2 Å². The largest absolute Gasteiger partial charge is 0.454 e. The molecule has 10 nitrogen and oxygen atoms in total. The molecule has 0 spiro atoms. The summed E-state index contributed by atoms with van der Waals surface area (Å²) in [4.78, 5) is 26.7. The predicted molar refractivity (Wildman–Crippen MR) is 109 cm³/mol. The standard InChI is InChI=1S/C20H25N5O5/c1-20(2,3)30-19(27)25-8-7-14-13(10-25)17(24(4)23-14)22-18(26)21-12-5-6-15-16(9-12)29-11-28-15/h5-6,9H,7-8,10-11H2,1-4H3,(H2,21,22,26). The smallest absolute Gasteiger partial charge is 0.410 e. The summed E-state index contributed by atoms with van der Waals surface area (Å²) in [5, 5.41) is 10.1. The van der Waals surface area contributed by atoms with Crippen LogP contribution in [-0.4, -0.2) is 45.7 Å². The van der Waals surface area contributed by atoms with E-state index in [0.717, 1.165) is 11.3 Å². The number of hydrogen-bond acceptors (Lipinski definition) is 6. The Morgan fingerprint density at radius 2 is 1.93 bits per heavy atom. The second kappa shape index (κ2) is 7.43. The number of rotatable bonds is 2. The molecule has 0 unspecified atom stereocenters. The summed E-state index contributed by atoms with van der Waals surface area (Å²) >= 11 is 0. The molecule has 0 radical (unpaired) electrons. The van der Waals surface area contributed by atoms with E-state index < -0.39 is 11.6 Å². The maximum absolute atomic E-state index is 12.6. The summed E-state index contributed by atoms with van der Waals surface area (Å²) in [6.07, 6.45) is 0.209. The molecule has 1 aromatic carbocycles. The van der Waals surface area contributed by atoms with E-state index in [1.165, 1.54) is 0 Å². The normalized spacial score (nSPS) is 14.9. The molecule has 1 aromatic heterocycles. The van der Waals surface area contributed by atoms with Gasteiger partial charge in [-0.15, -0.1) is 0 Å². The molecule has 4 rings (SSSR count). The number of ether oxygens (including phenoxy) is 3. The van der Waals surface area contributed by atoms with Crippen molar-refractivity contribution in [3.05, 3.63) is 29.5 Å². The molecule has 2 aliphatic rings. The molecule has 3 heterocycles. The van der Waals surface area contributed by atoms with E-state index in [9.17, 15) is 9.59 Å². The van der Waals surface area contributed by atoms with E-state index in [1.54, 1.807) is 34.8 Å². The second-order valence-electron chi connectivity index (χ2n) is 8.20. The van der Waals surface area contributed by atoms with Crippen LogP contribution in [0.5, 0.6) is 11.5 Å². The minimum Gasteiger partial charge on any atom is -0.454 e. The van der Waals surface area contributed by atoms with Crippen LogP contribution in [0, 0.1) is 0 Å². The first-order valence-corrected chi connectivity index (χ1v) is 9.70. The summed E-state index contributed by atoms with van der Waals surface area (Å²) in [5.74, 6) is 1.76. The van der Waals surface area contributed by atoms with Gasteiger partial charge in [0, 0.05) is 37.3 Å². The van der Waals surface area contributed by atoms with Gasteiger partial charge in [0.2, 0.25) is 6.79 Å². The molecule has 2 N–H and O–H groups in total. The number of nitrogens with one attached hydrogen (secondary N) is 2. The third kappa shape index (κ3) is 4.12. The zero-order chi connectivity index (χ0) is 21.5. The van der Waals surface area contributed by atoms with Crippen molar-refractivity contribution in [2.45, 2.75) is 39.3 Å². The minimum absolute atomic E-state index is 0.167. The van der Waals surface area contributed by atoms with E-state index in [1.807, 2.05) is 20.8 Å². The average Bonchev–Trinajstić information content (AvgIpc) is 3.24. The number of aryl methyl sites for hydroxylation is 1. The van der Waals surface area contributed by atoms with Crippen molar-refractivity contribution >= 4 is 23.6 Å². The number of aromatic nitrogens is 2. The molecule has 0 bridgehead atoms. The maximum atomic E-state index is 12.6. The quantitative estimate of drug-likeness (QED) is 0.781. The molecule has 0 fully saturated rings. The van der Waals surface area contributed by atoms with Gasteiger partial charge in [0.15, 0.2) is 11.5 Å². The Balaban J connectivity index is 1.46. The van der Waals surface area contributed by atoms with Gasteiger partial charge in [-0.25, -0.2) is 9.59 Å². The molecule has 30 heavy (non-hydrogen) atoms. The van der Waals surface area contributed by atoms with E-state index in [4.69, 9.17) is 14.2 Å². The SMILES string of the molecule is Cn1nc2c(c1NC(=O)Nc1ccc3c(c1)OCO3)CN(C(=O)OC(C)(C)C)CC2. The number of nitrogens with zero attached hydrogens (tertiary/aromatic N) is 3. The Morgan fingerprint density at radius 1 is 1.17 bits per heavy atom. The molecule has 0 saturated heterocycles. The Kier molecular flexibility index (Phi) is 4.92. The van der Waals surface area contributed by atoms with Gasteiger partial charge in [0.1, 0.15) is 11.4 Å². The van der Waals surface area contributed by atoms with E-state index >= 15 is 0 Å².